The topological polar surface area (TPSA) is 202 Å². The summed E-state index contributed by atoms with van der Waals surface area (Å²) in [5.74, 6) is 1.82. The molecule has 5 heterocycles. The Kier molecular flexibility index (Phi) is 12.1. The molecule has 0 saturated carbocycles. The maximum Gasteiger partial charge on any atom is 0.407 e. The number of carbonyl (C=O) groups excluding carboxylic acids is 4. The van der Waals surface area contributed by atoms with E-state index in [2.05, 4.69) is 51.4 Å². The maximum absolute atomic E-state index is 14.1. The van der Waals surface area contributed by atoms with Gasteiger partial charge in [0.1, 0.15) is 36.1 Å². The molecule has 4 N–H and O–H groups in total. The lowest BCUT2D eigenvalue weighted by Gasteiger charge is -2.30. The Balaban J connectivity index is 0.972. The van der Waals surface area contributed by atoms with E-state index in [1.54, 1.807) is 30.0 Å². The highest BCUT2D eigenvalue weighted by molar-refractivity contribution is 6.07. The van der Waals surface area contributed by atoms with Gasteiger partial charge in [-0.2, -0.15) is 0 Å². The van der Waals surface area contributed by atoms with Gasteiger partial charge in [0.15, 0.2) is 0 Å². The molecule has 4 aromatic carbocycles. The van der Waals surface area contributed by atoms with E-state index in [1.165, 1.54) is 21.3 Å². The number of aromatic nitrogens is 4. The van der Waals surface area contributed by atoms with Gasteiger partial charge in [-0.1, -0.05) is 55.1 Å². The fourth-order valence-electron chi connectivity index (χ4n) is 9.49. The first kappa shape index (κ1) is 43.8. The fourth-order valence-corrected chi connectivity index (χ4v) is 9.49. The number of amides is 4. The van der Waals surface area contributed by atoms with Gasteiger partial charge in [-0.25, -0.2) is 19.6 Å². The van der Waals surface area contributed by atoms with Gasteiger partial charge in [0, 0.05) is 37.1 Å². The lowest BCUT2D eigenvalue weighted by atomic mass is 9.92. The van der Waals surface area contributed by atoms with Gasteiger partial charge in [-0.15, -0.1) is 0 Å². The van der Waals surface area contributed by atoms with E-state index in [0.717, 1.165) is 68.3 Å². The van der Waals surface area contributed by atoms with Crippen molar-refractivity contribution in [3.8, 4) is 28.1 Å². The van der Waals surface area contributed by atoms with Crippen molar-refractivity contribution in [2.24, 2.45) is 5.92 Å². The van der Waals surface area contributed by atoms with E-state index in [-0.39, 0.29) is 23.8 Å². The van der Waals surface area contributed by atoms with Gasteiger partial charge in [0.2, 0.25) is 5.91 Å². The predicted octanol–water partition coefficient (Wildman–Crippen LogP) is 7.24. The number of ether oxygens (including phenoxy) is 5. The van der Waals surface area contributed by atoms with Gasteiger partial charge in [-0.05, 0) is 78.1 Å². The zero-order chi connectivity index (χ0) is 46.2. The molecular formula is C49H52N8O9. The normalized spacial score (nSPS) is 19.0. The van der Waals surface area contributed by atoms with E-state index in [9.17, 15) is 19.2 Å². The largest absolute Gasteiger partial charge is 0.501 e. The fraction of sp³-hybridized carbons (Fsp3) is 0.347. The van der Waals surface area contributed by atoms with Crippen LogP contribution in [0.25, 0.3) is 44.2 Å². The van der Waals surface area contributed by atoms with Crippen molar-refractivity contribution in [1.82, 2.24) is 40.4 Å². The lowest BCUT2D eigenvalue weighted by molar-refractivity contribution is -0.138. The molecule has 17 nitrogen and oxygen atoms in total. The summed E-state index contributed by atoms with van der Waals surface area (Å²) in [6.45, 7) is 6.96. The second kappa shape index (κ2) is 18.2. The molecule has 0 unspecified atom stereocenters. The standard InChI is InChI=1S/C49H52N8O9/c1-26(62-3)31-21-39(57(24-31)46(58)41(27(2)63-4)54-48(60)64-5)44-50-23-37(52-44)30-14-16-33-32(19-30)25-66-40-22-34-29(20-35(33)40)15-17-36-43(34)53-45(51-36)38-13-10-18-56(38)47(59)42(55-49(61)65-6)28-11-8-7-9-12-28/h7-9,11-12,14-17,19-20,22-23,27,31,38-39,41-42H,1,10,13,18,21,24-25H2,2-6H3,(H,50,52)(H,51,53)(H,54,60)(H,55,61)/t27-,31+,38+,39+,41+,42-/m1/s1. The summed E-state index contributed by atoms with van der Waals surface area (Å²) >= 11 is 0. The molecule has 17 heteroatoms. The molecule has 4 amide bonds. The molecule has 0 spiro atoms. The number of aromatic amines is 2. The van der Waals surface area contributed by atoms with Crippen molar-refractivity contribution < 1.29 is 42.9 Å². The van der Waals surface area contributed by atoms with Crippen molar-refractivity contribution in [3.05, 3.63) is 114 Å². The molecule has 3 aliphatic rings. The van der Waals surface area contributed by atoms with Crippen LogP contribution >= 0.6 is 0 Å². The molecule has 0 radical (unpaired) electrons. The van der Waals surface area contributed by atoms with Crippen LogP contribution in [0.4, 0.5) is 9.59 Å². The Bertz CT molecular complexity index is 2840. The Morgan fingerprint density at radius 1 is 0.848 bits per heavy atom. The number of benzene rings is 4. The minimum absolute atomic E-state index is 0.165. The number of rotatable bonds is 12. The van der Waals surface area contributed by atoms with E-state index in [4.69, 9.17) is 33.7 Å². The third-order valence-electron chi connectivity index (χ3n) is 13.1. The summed E-state index contributed by atoms with van der Waals surface area (Å²) in [6, 6.07) is 20.9. The molecule has 3 aliphatic heterocycles. The summed E-state index contributed by atoms with van der Waals surface area (Å²) in [4.78, 5) is 73.2. The summed E-state index contributed by atoms with van der Waals surface area (Å²) in [7, 11) is 5.56. The highest BCUT2D eigenvalue weighted by atomic mass is 16.5. The van der Waals surface area contributed by atoms with Gasteiger partial charge < -0.3 is 54.1 Å². The predicted molar refractivity (Wildman–Crippen MR) is 244 cm³/mol. The van der Waals surface area contributed by atoms with Gasteiger partial charge >= 0.3 is 12.2 Å². The Morgan fingerprint density at radius 2 is 1.64 bits per heavy atom. The van der Waals surface area contributed by atoms with Crippen LogP contribution in [-0.2, 0) is 35.1 Å². The second-order valence-corrected chi connectivity index (χ2v) is 16.8. The first-order valence-electron chi connectivity index (χ1n) is 21.9. The monoisotopic (exact) mass is 896 g/mol. The van der Waals surface area contributed by atoms with Crippen LogP contribution in [0.5, 0.6) is 5.75 Å². The van der Waals surface area contributed by atoms with Crippen molar-refractivity contribution in [2.75, 3.05) is 41.5 Å². The number of carbonyl (C=O) groups is 4. The Labute approximate surface area is 380 Å². The smallest absolute Gasteiger partial charge is 0.407 e. The zero-order valence-corrected chi connectivity index (χ0v) is 37.4. The number of fused-ring (bicyclic) bond motifs is 6. The van der Waals surface area contributed by atoms with Crippen molar-refractivity contribution >= 4 is 45.8 Å². The molecule has 6 atom stereocenters. The van der Waals surface area contributed by atoms with E-state index >= 15 is 0 Å². The van der Waals surface area contributed by atoms with Crippen LogP contribution in [0, 0.1) is 5.92 Å². The van der Waals surface area contributed by atoms with Gasteiger partial charge in [0.05, 0.1) is 68.2 Å². The SMILES string of the molecule is C=C(OC)[C@H]1C[C@@H](c2ncc(-c3ccc4c(c3)COc3cc5c(ccc6[nH]c([C@@H]7CCCN7C(=O)[C@H](NC(=O)OC)c7ccccc7)nc65)cc3-4)[nH]2)N(C(=O)[C@@H](NC(=O)OC)[C@@H](C)OC)C1. The Hall–Kier alpha value is -7.40. The lowest BCUT2D eigenvalue weighted by Crippen LogP contribution is -2.54. The minimum atomic E-state index is -1.00. The van der Waals surface area contributed by atoms with Crippen LogP contribution < -0.4 is 15.4 Å². The van der Waals surface area contributed by atoms with E-state index in [0.29, 0.717) is 49.1 Å². The number of nitrogens with one attached hydrogen (secondary N) is 4. The third-order valence-corrected chi connectivity index (χ3v) is 13.1. The van der Waals surface area contributed by atoms with Crippen LogP contribution in [0.3, 0.4) is 0 Å². The first-order valence-corrected chi connectivity index (χ1v) is 21.9. The van der Waals surface area contributed by atoms with E-state index < -0.39 is 36.4 Å². The second-order valence-electron chi connectivity index (χ2n) is 16.8. The molecule has 0 aliphatic carbocycles. The van der Waals surface area contributed by atoms with Gasteiger partial charge in [0.25, 0.3) is 5.91 Å². The molecule has 6 aromatic rings. The first-order chi connectivity index (χ1) is 32.0. The number of likely N-dealkylation sites (tertiary alicyclic amines) is 2. The van der Waals surface area contributed by atoms with Crippen LogP contribution in [-0.4, -0.2) is 107 Å². The Morgan fingerprint density at radius 3 is 2.39 bits per heavy atom. The third kappa shape index (κ3) is 8.14. The molecular weight excluding hydrogens is 845 g/mol. The summed E-state index contributed by atoms with van der Waals surface area (Å²) < 4.78 is 27.1. The highest BCUT2D eigenvalue weighted by Gasteiger charge is 2.44. The molecule has 342 valence electrons. The molecule has 9 rings (SSSR count). The van der Waals surface area contributed by atoms with Gasteiger partial charge in [-0.3, -0.25) is 9.59 Å². The highest BCUT2D eigenvalue weighted by Crippen LogP contribution is 2.44. The zero-order valence-electron chi connectivity index (χ0n) is 37.4. The number of hydrogen-bond acceptors (Lipinski definition) is 11. The maximum atomic E-state index is 14.1. The summed E-state index contributed by atoms with van der Waals surface area (Å²) in [6.07, 6.45) is 1.71. The molecule has 2 fully saturated rings. The number of alkyl carbamates (subject to hydrolysis) is 2. The van der Waals surface area contributed by atoms with Crippen LogP contribution in [0.15, 0.2) is 91.3 Å². The number of nitrogens with zero attached hydrogens (tertiary/aromatic N) is 4. The number of hydrogen-bond donors (Lipinski definition) is 4. The molecule has 66 heavy (non-hydrogen) atoms. The molecule has 2 saturated heterocycles. The average molecular weight is 897 g/mol. The summed E-state index contributed by atoms with van der Waals surface area (Å²) in [5, 5.41) is 7.27. The van der Waals surface area contributed by atoms with Crippen molar-refractivity contribution in [1.29, 1.82) is 0 Å². The number of H-pyrrole nitrogens is 2. The van der Waals surface area contributed by atoms with Crippen LogP contribution in [0.2, 0.25) is 0 Å². The van der Waals surface area contributed by atoms with E-state index in [1.807, 2.05) is 48.5 Å². The number of methoxy groups -OCH3 is 4. The summed E-state index contributed by atoms with van der Waals surface area (Å²) in [5.41, 5.74) is 6.95. The van der Waals surface area contributed by atoms with Crippen molar-refractivity contribution in [3.63, 3.8) is 0 Å². The minimum Gasteiger partial charge on any atom is -0.501 e. The quantitative estimate of drug-likeness (QED) is 0.0903. The number of imidazole rings is 2. The van der Waals surface area contributed by atoms with Crippen LogP contribution in [0.1, 0.15) is 67.1 Å². The molecule has 2 aromatic heterocycles. The average Bonchev–Trinajstić information content (AvgIpc) is 4.20. The van der Waals surface area contributed by atoms with Crippen molar-refractivity contribution in [2.45, 2.75) is 63.1 Å². The molecule has 0 bridgehead atoms.